The average molecular weight is 387 g/mol. The van der Waals surface area contributed by atoms with E-state index < -0.39 is 0 Å². The topological polar surface area (TPSA) is 69.0 Å². The van der Waals surface area contributed by atoms with Crippen molar-refractivity contribution in [1.82, 2.24) is 4.90 Å². The van der Waals surface area contributed by atoms with Gasteiger partial charge in [-0.05, 0) is 54.5 Å². The smallest absolute Gasteiger partial charge is 0.336 e. The minimum atomic E-state index is -0.388. The third kappa shape index (κ3) is 4.13. The molecule has 0 amide bonds. The van der Waals surface area contributed by atoms with E-state index in [9.17, 15) is 9.59 Å². The SMILES string of the molecule is COC(=O)C1CC(OC)CCN1Cc1cc(=O)oc2cc(C)c(C(C)C)cc12. The second-order valence-corrected chi connectivity index (χ2v) is 7.84. The number of piperidine rings is 1. The van der Waals surface area contributed by atoms with E-state index in [2.05, 4.69) is 24.8 Å². The third-order valence-electron chi connectivity index (χ3n) is 5.68. The van der Waals surface area contributed by atoms with Gasteiger partial charge >= 0.3 is 11.6 Å². The highest BCUT2D eigenvalue weighted by atomic mass is 16.5. The Labute approximate surface area is 165 Å². The lowest BCUT2D eigenvalue weighted by atomic mass is 9.94. The molecule has 0 N–H and O–H groups in total. The van der Waals surface area contributed by atoms with Crippen LogP contribution in [0, 0.1) is 6.92 Å². The number of rotatable bonds is 5. The number of ether oxygens (including phenoxy) is 2. The zero-order valence-corrected chi connectivity index (χ0v) is 17.3. The van der Waals surface area contributed by atoms with E-state index in [1.807, 2.05) is 13.0 Å². The Morgan fingerprint density at radius 2 is 2.04 bits per heavy atom. The Kier molecular flexibility index (Phi) is 6.20. The maximum atomic E-state index is 12.3. The van der Waals surface area contributed by atoms with Gasteiger partial charge in [0.05, 0.1) is 13.2 Å². The molecule has 1 saturated heterocycles. The molecule has 152 valence electrons. The van der Waals surface area contributed by atoms with Crippen molar-refractivity contribution in [1.29, 1.82) is 0 Å². The first-order valence-corrected chi connectivity index (χ1v) is 9.76. The highest BCUT2D eigenvalue weighted by molar-refractivity contribution is 5.82. The van der Waals surface area contributed by atoms with Gasteiger partial charge in [-0.1, -0.05) is 13.8 Å². The minimum absolute atomic E-state index is 0.0353. The summed E-state index contributed by atoms with van der Waals surface area (Å²) in [7, 11) is 3.07. The number of hydrogen-bond acceptors (Lipinski definition) is 6. The van der Waals surface area contributed by atoms with Crippen molar-refractivity contribution in [2.45, 2.75) is 58.2 Å². The fourth-order valence-corrected chi connectivity index (χ4v) is 4.13. The molecule has 6 nitrogen and oxygen atoms in total. The second-order valence-electron chi connectivity index (χ2n) is 7.84. The van der Waals surface area contributed by atoms with Crippen LogP contribution in [0.2, 0.25) is 0 Å². The molecule has 28 heavy (non-hydrogen) atoms. The maximum absolute atomic E-state index is 12.3. The zero-order chi connectivity index (χ0) is 20.4. The van der Waals surface area contributed by atoms with Crippen LogP contribution in [-0.4, -0.2) is 43.8 Å². The van der Waals surface area contributed by atoms with Crippen LogP contribution in [0.5, 0.6) is 0 Å². The minimum Gasteiger partial charge on any atom is -0.468 e. The molecule has 0 bridgehead atoms. The van der Waals surface area contributed by atoms with Gasteiger partial charge in [0.25, 0.3) is 0 Å². The molecule has 2 aromatic rings. The summed E-state index contributed by atoms with van der Waals surface area (Å²) < 4.78 is 15.9. The van der Waals surface area contributed by atoms with Crippen LogP contribution < -0.4 is 5.63 Å². The fraction of sp³-hybridized carbons (Fsp3) is 0.545. The molecule has 0 aliphatic carbocycles. The lowest BCUT2D eigenvalue weighted by Crippen LogP contribution is -2.49. The predicted molar refractivity (Wildman–Crippen MR) is 108 cm³/mol. The summed E-state index contributed by atoms with van der Waals surface area (Å²) in [6.07, 6.45) is 1.45. The lowest BCUT2D eigenvalue weighted by molar-refractivity contribution is -0.151. The Bertz CT molecular complexity index is 917. The standard InChI is InChI=1S/C22H29NO5/c1-13(2)17-11-18-15(9-21(24)28-20(18)8-14(17)3)12-23-7-6-16(26-4)10-19(23)22(25)27-5/h8-9,11,13,16,19H,6-7,10,12H2,1-5H3. The van der Waals surface area contributed by atoms with E-state index in [4.69, 9.17) is 13.9 Å². The summed E-state index contributed by atoms with van der Waals surface area (Å²) >= 11 is 0. The Hall–Kier alpha value is -2.18. The molecular weight excluding hydrogens is 358 g/mol. The molecule has 1 aromatic heterocycles. The monoisotopic (exact) mass is 387 g/mol. The van der Waals surface area contributed by atoms with Gasteiger partial charge in [0.2, 0.25) is 0 Å². The van der Waals surface area contributed by atoms with E-state index in [1.54, 1.807) is 13.2 Å². The van der Waals surface area contributed by atoms with Gasteiger partial charge in [0, 0.05) is 31.7 Å². The normalized spacial score (nSPS) is 20.6. The highest BCUT2D eigenvalue weighted by Gasteiger charge is 2.34. The molecule has 1 aromatic carbocycles. The Morgan fingerprint density at radius 1 is 1.29 bits per heavy atom. The van der Waals surface area contributed by atoms with E-state index in [1.165, 1.54) is 12.7 Å². The van der Waals surface area contributed by atoms with Gasteiger partial charge in [-0.3, -0.25) is 9.69 Å². The number of nitrogens with zero attached hydrogens (tertiary/aromatic N) is 1. The largest absolute Gasteiger partial charge is 0.468 e. The van der Waals surface area contributed by atoms with Crippen LogP contribution in [0.1, 0.15) is 49.3 Å². The zero-order valence-electron chi connectivity index (χ0n) is 17.3. The van der Waals surface area contributed by atoms with Gasteiger partial charge in [-0.2, -0.15) is 0 Å². The summed E-state index contributed by atoms with van der Waals surface area (Å²) in [5.74, 6) is 0.0946. The number of methoxy groups -OCH3 is 2. The Balaban J connectivity index is 2.01. The fourth-order valence-electron chi connectivity index (χ4n) is 4.13. The molecule has 2 heterocycles. The summed E-state index contributed by atoms with van der Waals surface area (Å²) in [6, 6.07) is 5.20. The number of likely N-dealkylation sites (tertiary alicyclic amines) is 1. The molecule has 0 radical (unpaired) electrons. The van der Waals surface area contributed by atoms with Crippen LogP contribution in [0.4, 0.5) is 0 Å². The van der Waals surface area contributed by atoms with Crippen molar-refractivity contribution >= 4 is 16.9 Å². The molecule has 1 fully saturated rings. The molecule has 2 atom stereocenters. The van der Waals surface area contributed by atoms with Gasteiger partial charge in [0.15, 0.2) is 0 Å². The van der Waals surface area contributed by atoms with E-state index >= 15 is 0 Å². The summed E-state index contributed by atoms with van der Waals surface area (Å²) in [5.41, 5.74) is 3.42. The number of fused-ring (bicyclic) bond motifs is 1. The first-order valence-electron chi connectivity index (χ1n) is 9.76. The summed E-state index contributed by atoms with van der Waals surface area (Å²) in [6.45, 7) is 7.51. The van der Waals surface area contributed by atoms with Gasteiger partial charge in [-0.25, -0.2) is 4.79 Å². The third-order valence-corrected chi connectivity index (χ3v) is 5.68. The first kappa shape index (κ1) is 20.6. The van der Waals surface area contributed by atoms with Gasteiger partial charge in [0.1, 0.15) is 11.6 Å². The second kappa shape index (κ2) is 8.45. The maximum Gasteiger partial charge on any atom is 0.336 e. The van der Waals surface area contributed by atoms with Crippen molar-refractivity contribution in [3.63, 3.8) is 0 Å². The van der Waals surface area contributed by atoms with E-state index in [-0.39, 0.29) is 23.7 Å². The van der Waals surface area contributed by atoms with Crippen LogP contribution in [-0.2, 0) is 20.8 Å². The van der Waals surface area contributed by atoms with Crippen LogP contribution in [0.3, 0.4) is 0 Å². The number of aryl methyl sites for hydroxylation is 1. The quantitative estimate of drug-likeness (QED) is 0.579. The first-order chi connectivity index (χ1) is 13.3. The summed E-state index contributed by atoms with van der Waals surface area (Å²) in [5, 5.41) is 0.923. The van der Waals surface area contributed by atoms with Crippen LogP contribution in [0.25, 0.3) is 11.0 Å². The number of carbonyl (C=O) groups is 1. The van der Waals surface area contributed by atoms with Crippen molar-refractivity contribution < 1.29 is 18.7 Å². The molecular formula is C22H29NO5. The Morgan fingerprint density at radius 3 is 2.68 bits per heavy atom. The number of carbonyl (C=O) groups excluding carboxylic acids is 1. The van der Waals surface area contributed by atoms with E-state index in [0.717, 1.165) is 22.9 Å². The molecule has 3 rings (SSSR count). The summed E-state index contributed by atoms with van der Waals surface area (Å²) in [4.78, 5) is 26.6. The van der Waals surface area contributed by atoms with Crippen molar-refractivity contribution in [2.75, 3.05) is 20.8 Å². The van der Waals surface area contributed by atoms with Crippen LogP contribution in [0.15, 0.2) is 27.4 Å². The molecule has 6 heteroatoms. The van der Waals surface area contributed by atoms with Crippen molar-refractivity contribution in [2.24, 2.45) is 0 Å². The molecule has 2 unspecified atom stereocenters. The molecule has 0 saturated carbocycles. The number of esters is 1. The number of benzene rings is 1. The van der Waals surface area contributed by atoms with Gasteiger partial charge < -0.3 is 13.9 Å². The molecule has 0 spiro atoms. The molecule has 1 aliphatic heterocycles. The molecule has 1 aliphatic rings. The van der Waals surface area contributed by atoms with Crippen molar-refractivity contribution in [3.05, 3.63) is 45.3 Å². The lowest BCUT2D eigenvalue weighted by Gasteiger charge is -2.37. The van der Waals surface area contributed by atoms with E-state index in [0.29, 0.717) is 31.0 Å². The number of hydrogen-bond donors (Lipinski definition) is 0. The highest BCUT2D eigenvalue weighted by Crippen LogP contribution is 2.29. The van der Waals surface area contributed by atoms with Crippen LogP contribution >= 0.6 is 0 Å². The van der Waals surface area contributed by atoms with Gasteiger partial charge in [-0.15, -0.1) is 0 Å². The average Bonchev–Trinajstić information content (AvgIpc) is 2.66. The predicted octanol–water partition coefficient (Wildman–Crippen LogP) is 3.38. The van der Waals surface area contributed by atoms with Crippen molar-refractivity contribution in [3.8, 4) is 0 Å².